The van der Waals surface area contributed by atoms with Crippen LogP contribution in [-0.2, 0) is 4.79 Å². The van der Waals surface area contributed by atoms with Gasteiger partial charge in [-0.25, -0.2) is 0 Å². The third kappa shape index (κ3) is 3.06. The van der Waals surface area contributed by atoms with E-state index < -0.39 is 0 Å². The summed E-state index contributed by atoms with van der Waals surface area (Å²) in [7, 11) is 0. The van der Waals surface area contributed by atoms with E-state index >= 15 is 0 Å². The molecule has 0 aromatic heterocycles. The summed E-state index contributed by atoms with van der Waals surface area (Å²) in [6.45, 7) is 2.21. The molecule has 3 heteroatoms. The molecule has 2 N–H and O–H groups in total. The fourth-order valence-electron chi connectivity index (χ4n) is 2.04. The zero-order chi connectivity index (χ0) is 11.3. The fourth-order valence-corrected chi connectivity index (χ4v) is 2.04. The second-order valence-electron chi connectivity index (χ2n) is 4.19. The molecule has 0 bridgehead atoms. The Hall–Kier alpha value is -0.830. The van der Waals surface area contributed by atoms with E-state index in [0.29, 0.717) is 19.3 Å². The lowest BCUT2D eigenvalue weighted by Gasteiger charge is -2.06. The van der Waals surface area contributed by atoms with E-state index in [1.165, 1.54) is 0 Å². The molecule has 1 unspecified atom stereocenters. The van der Waals surface area contributed by atoms with Gasteiger partial charge >= 0.3 is 0 Å². The summed E-state index contributed by atoms with van der Waals surface area (Å²) in [6.07, 6.45) is 4.97. The average Bonchev–Trinajstić information content (AvgIpc) is 2.51. The molecule has 1 atom stereocenters. The molecule has 3 nitrogen and oxygen atoms in total. The first-order chi connectivity index (χ1) is 7.20. The van der Waals surface area contributed by atoms with Gasteiger partial charge in [0, 0.05) is 12.5 Å². The van der Waals surface area contributed by atoms with Gasteiger partial charge in [-0.1, -0.05) is 13.3 Å². The molecule has 0 aromatic carbocycles. The van der Waals surface area contributed by atoms with Crippen molar-refractivity contribution in [3.8, 4) is 0 Å². The highest BCUT2D eigenvalue weighted by Crippen LogP contribution is 2.32. The van der Waals surface area contributed by atoms with Gasteiger partial charge in [-0.05, 0) is 37.7 Å². The molecule has 1 aliphatic rings. The quantitative estimate of drug-likeness (QED) is 0.710. The Morgan fingerprint density at radius 2 is 2.13 bits per heavy atom. The average molecular weight is 212 g/mol. The number of Topliss-reactive ketones (excluding diaryl/α,β-unsaturated/α-hetero) is 1. The van der Waals surface area contributed by atoms with Crippen molar-refractivity contribution in [2.24, 2.45) is 5.92 Å². The van der Waals surface area contributed by atoms with Crippen LogP contribution in [0.15, 0.2) is 11.3 Å². The largest absolute Gasteiger partial charge is 0.504 e. The van der Waals surface area contributed by atoms with Crippen LogP contribution < -0.4 is 0 Å². The molecule has 0 aliphatic heterocycles. The van der Waals surface area contributed by atoms with Gasteiger partial charge in [0.1, 0.15) is 0 Å². The van der Waals surface area contributed by atoms with Crippen molar-refractivity contribution in [3.05, 3.63) is 11.3 Å². The van der Waals surface area contributed by atoms with E-state index in [2.05, 4.69) is 6.92 Å². The Bertz CT molecular complexity index is 256. The van der Waals surface area contributed by atoms with Crippen LogP contribution in [0.25, 0.3) is 0 Å². The minimum atomic E-state index is -0.116. The Morgan fingerprint density at radius 1 is 1.40 bits per heavy atom. The summed E-state index contributed by atoms with van der Waals surface area (Å²) in [5.74, 6) is -0.190. The summed E-state index contributed by atoms with van der Waals surface area (Å²) >= 11 is 0. The van der Waals surface area contributed by atoms with Gasteiger partial charge in [-0.15, -0.1) is 0 Å². The number of hydrogen-bond donors (Lipinski definition) is 2. The molecule has 0 amide bonds. The Labute approximate surface area is 90.8 Å². The highest BCUT2D eigenvalue weighted by atomic mass is 16.3. The molecule has 15 heavy (non-hydrogen) atoms. The molecule has 0 saturated carbocycles. The van der Waals surface area contributed by atoms with Crippen LogP contribution in [0.5, 0.6) is 0 Å². The summed E-state index contributed by atoms with van der Waals surface area (Å²) in [5, 5.41) is 18.3. The standard InChI is InChI=1S/C12H20O3/c1-2-3-5-9-8-10(6-4-7-13)12(15)11(9)14/h10,13-14H,2-8H2,1H3. The number of rotatable bonds is 6. The maximum absolute atomic E-state index is 11.6. The van der Waals surface area contributed by atoms with Crippen LogP contribution in [0.4, 0.5) is 0 Å². The molecule has 1 rings (SSSR count). The summed E-state index contributed by atoms with van der Waals surface area (Å²) in [6, 6.07) is 0. The molecular weight excluding hydrogens is 192 g/mol. The van der Waals surface area contributed by atoms with E-state index in [1.807, 2.05) is 0 Å². The molecule has 0 saturated heterocycles. The number of unbranched alkanes of at least 4 members (excludes halogenated alkanes) is 1. The lowest BCUT2D eigenvalue weighted by atomic mass is 9.97. The number of hydrogen-bond acceptors (Lipinski definition) is 3. The summed E-state index contributed by atoms with van der Waals surface area (Å²) in [4.78, 5) is 11.6. The number of carbonyl (C=O) groups excluding carboxylic acids is 1. The first-order valence-corrected chi connectivity index (χ1v) is 5.76. The van der Waals surface area contributed by atoms with Crippen molar-refractivity contribution >= 4 is 5.78 Å². The normalized spacial score (nSPS) is 21.5. The maximum Gasteiger partial charge on any atom is 0.200 e. The van der Waals surface area contributed by atoms with Crippen molar-refractivity contribution in [1.82, 2.24) is 0 Å². The maximum atomic E-state index is 11.6. The molecule has 0 heterocycles. The Kier molecular flexibility index (Phi) is 4.82. The van der Waals surface area contributed by atoms with Crippen molar-refractivity contribution in [1.29, 1.82) is 0 Å². The van der Waals surface area contributed by atoms with Gasteiger partial charge < -0.3 is 10.2 Å². The first-order valence-electron chi connectivity index (χ1n) is 5.76. The number of aliphatic hydroxyl groups is 2. The van der Waals surface area contributed by atoms with Gasteiger partial charge in [0.15, 0.2) is 11.5 Å². The van der Waals surface area contributed by atoms with Crippen LogP contribution in [0.2, 0.25) is 0 Å². The second-order valence-corrected chi connectivity index (χ2v) is 4.19. The highest BCUT2D eigenvalue weighted by Gasteiger charge is 2.31. The van der Waals surface area contributed by atoms with Crippen LogP contribution >= 0.6 is 0 Å². The zero-order valence-electron chi connectivity index (χ0n) is 9.33. The molecule has 0 spiro atoms. The highest BCUT2D eigenvalue weighted by molar-refractivity contribution is 5.98. The van der Waals surface area contributed by atoms with Crippen LogP contribution in [0.1, 0.15) is 45.4 Å². The SMILES string of the molecule is CCCCC1=C(O)C(=O)C(CCCO)C1. The van der Waals surface area contributed by atoms with Gasteiger partial charge in [0.25, 0.3) is 0 Å². The second kappa shape index (κ2) is 5.91. The van der Waals surface area contributed by atoms with Crippen LogP contribution in [-0.4, -0.2) is 22.6 Å². The predicted molar refractivity (Wildman–Crippen MR) is 58.6 cm³/mol. The minimum absolute atomic E-state index is 0.00592. The number of aliphatic hydroxyl groups excluding tert-OH is 2. The molecule has 1 aliphatic carbocycles. The van der Waals surface area contributed by atoms with Gasteiger partial charge in [0.2, 0.25) is 0 Å². The lowest BCUT2D eigenvalue weighted by molar-refractivity contribution is -0.120. The van der Waals surface area contributed by atoms with E-state index in [9.17, 15) is 9.90 Å². The fraction of sp³-hybridized carbons (Fsp3) is 0.750. The van der Waals surface area contributed by atoms with E-state index in [0.717, 1.165) is 24.8 Å². The van der Waals surface area contributed by atoms with E-state index in [1.54, 1.807) is 0 Å². The van der Waals surface area contributed by atoms with Crippen molar-refractivity contribution in [2.45, 2.75) is 45.4 Å². The number of carbonyl (C=O) groups is 1. The molecular formula is C12H20O3. The third-order valence-electron chi connectivity index (χ3n) is 2.97. The molecule has 0 aromatic rings. The smallest absolute Gasteiger partial charge is 0.200 e. The minimum Gasteiger partial charge on any atom is -0.504 e. The van der Waals surface area contributed by atoms with Crippen LogP contribution in [0, 0.1) is 5.92 Å². The Balaban J connectivity index is 2.49. The third-order valence-corrected chi connectivity index (χ3v) is 2.97. The van der Waals surface area contributed by atoms with Gasteiger partial charge in [0.05, 0.1) is 0 Å². The van der Waals surface area contributed by atoms with Crippen molar-refractivity contribution < 1.29 is 15.0 Å². The number of allylic oxidation sites excluding steroid dienone is 2. The van der Waals surface area contributed by atoms with Crippen molar-refractivity contribution in [3.63, 3.8) is 0 Å². The molecule has 86 valence electrons. The lowest BCUT2D eigenvalue weighted by Crippen LogP contribution is -2.10. The topological polar surface area (TPSA) is 57.5 Å². The first kappa shape index (κ1) is 12.2. The monoisotopic (exact) mass is 212 g/mol. The Morgan fingerprint density at radius 3 is 2.73 bits per heavy atom. The van der Waals surface area contributed by atoms with E-state index in [4.69, 9.17) is 5.11 Å². The van der Waals surface area contributed by atoms with Crippen molar-refractivity contribution in [2.75, 3.05) is 6.61 Å². The number of ketones is 1. The van der Waals surface area contributed by atoms with Crippen LogP contribution in [0.3, 0.4) is 0 Å². The van der Waals surface area contributed by atoms with E-state index in [-0.39, 0.29) is 24.1 Å². The summed E-state index contributed by atoms with van der Waals surface area (Å²) in [5.41, 5.74) is 0.921. The van der Waals surface area contributed by atoms with Gasteiger partial charge in [-0.3, -0.25) is 4.79 Å². The van der Waals surface area contributed by atoms with Gasteiger partial charge in [-0.2, -0.15) is 0 Å². The predicted octanol–water partition coefficient (Wildman–Crippen LogP) is 2.35. The molecule has 0 radical (unpaired) electrons. The summed E-state index contributed by atoms with van der Waals surface area (Å²) < 4.78 is 0. The zero-order valence-corrected chi connectivity index (χ0v) is 9.33. The molecule has 0 fully saturated rings.